The summed E-state index contributed by atoms with van der Waals surface area (Å²) in [5, 5.41) is 29.3. The monoisotopic (exact) mass is 458 g/mol. The molecule has 4 aromatic rings. The summed E-state index contributed by atoms with van der Waals surface area (Å²) < 4.78 is 7.73. The number of thioether (sulfide) groups is 1. The number of para-hydroxylation sites is 2. The number of rotatable bonds is 9. The van der Waals surface area contributed by atoms with Gasteiger partial charge in [0.05, 0.1) is 16.8 Å². The predicted molar refractivity (Wildman–Crippen MR) is 128 cm³/mol. The summed E-state index contributed by atoms with van der Waals surface area (Å²) in [5.41, 5.74) is 2.72. The van der Waals surface area contributed by atoms with Crippen LogP contribution in [-0.4, -0.2) is 35.6 Å². The standard InChI is InChI=1S/C24H22N6O2S/c1-3-11-30-22(14-32-17-8-6-7-16(2)12-17)28-29-24(30)33-15-21(31)18(13-25)23-26-19-9-4-5-10-20(19)27-23/h3-10,12,31H,1,11,14-15H2,2H3,(H,26,27)/b21-18-. The fourth-order valence-electron chi connectivity index (χ4n) is 3.23. The zero-order valence-corrected chi connectivity index (χ0v) is 18.8. The van der Waals surface area contributed by atoms with Crippen LogP contribution in [0.25, 0.3) is 16.6 Å². The maximum absolute atomic E-state index is 10.6. The number of nitrogens with one attached hydrogen (secondary N) is 1. The third kappa shape index (κ3) is 5.07. The molecule has 9 heteroatoms. The van der Waals surface area contributed by atoms with Crippen LogP contribution in [0.3, 0.4) is 0 Å². The quantitative estimate of drug-likeness (QED) is 0.160. The maximum atomic E-state index is 10.6. The van der Waals surface area contributed by atoms with Crippen LogP contribution in [0.4, 0.5) is 0 Å². The number of aliphatic hydroxyl groups excluding tert-OH is 1. The number of fused-ring (bicyclic) bond motifs is 1. The number of aryl methyl sites for hydroxylation is 1. The van der Waals surface area contributed by atoms with E-state index < -0.39 is 0 Å². The Bertz CT molecular complexity index is 1330. The van der Waals surface area contributed by atoms with E-state index in [4.69, 9.17) is 4.74 Å². The number of benzene rings is 2. The maximum Gasteiger partial charge on any atom is 0.192 e. The normalized spacial score (nSPS) is 11.8. The first-order valence-electron chi connectivity index (χ1n) is 10.2. The Morgan fingerprint density at radius 2 is 2.12 bits per heavy atom. The number of nitrogens with zero attached hydrogens (tertiary/aromatic N) is 5. The number of aliphatic hydroxyl groups is 1. The number of ether oxygens (including phenoxy) is 1. The van der Waals surface area contributed by atoms with Gasteiger partial charge in [0.25, 0.3) is 0 Å². The molecule has 0 saturated heterocycles. The topological polar surface area (TPSA) is 113 Å². The minimum Gasteiger partial charge on any atom is -0.510 e. The number of hydrogen-bond donors (Lipinski definition) is 2. The van der Waals surface area contributed by atoms with Gasteiger partial charge in [0, 0.05) is 6.54 Å². The Labute approximate surface area is 195 Å². The first-order valence-corrected chi connectivity index (χ1v) is 11.2. The average Bonchev–Trinajstić information content (AvgIpc) is 3.41. The summed E-state index contributed by atoms with van der Waals surface area (Å²) in [6.07, 6.45) is 1.74. The molecule has 2 aromatic heterocycles. The van der Waals surface area contributed by atoms with Crippen LogP contribution < -0.4 is 4.74 Å². The second-order valence-corrected chi connectivity index (χ2v) is 8.17. The van der Waals surface area contributed by atoms with Gasteiger partial charge in [0.2, 0.25) is 0 Å². The number of nitriles is 1. The molecule has 0 bridgehead atoms. The predicted octanol–water partition coefficient (Wildman–Crippen LogP) is 4.81. The molecular weight excluding hydrogens is 436 g/mol. The number of imidazole rings is 1. The number of H-pyrrole nitrogens is 1. The summed E-state index contributed by atoms with van der Waals surface area (Å²) in [6.45, 7) is 6.54. The van der Waals surface area contributed by atoms with Crippen LogP contribution in [0.15, 0.2) is 72.1 Å². The van der Waals surface area contributed by atoms with E-state index in [0.717, 1.165) is 22.3 Å². The van der Waals surface area contributed by atoms with Crippen LogP contribution in [-0.2, 0) is 13.2 Å². The Morgan fingerprint density at radius 1 is 1.27 bits per heavy atom. The van der Waals surface area contributed by atoms with Gasteiger partial charge in [-0.15, -0.1) is 16.8 Å². The minimum absolute atomic E-state index is 0.0905. The van der Waals surface area contributed by atoms with Gasteiger partial charge in [-0.3, -0.25) is 4.57 Å². The van der Waals surface area contributed by atoms with Gasteiger partial charge in [-0.05, 0) is 36.8 Å². The van der Waals surface area contributed by atoms with Crippen molar-refractivity contribution in [3.8, 4) is 11.8 Å². The molecule has 0 spiro atoms. The van der Waals surface area contributed by atoms with Crippen molar-refractivity contribution in [2.75, 3.05) is 5.75 Å². The molecule has 0 aliphatic carbocycles. The second-order valence-electron chi connectivity index (χ2n) is 7.23. The molecule has 33 heavy (non-hydrogen) atoms. The van der Waals surface area contributed by atoms with E-state index in [-0.39, 0.29) is 23.7 Å². The van der Waals surface area contributed by atoms with Crippen molar-refractivity contribution in [2.45, 2.75) is 25.2 Å². The smallest absolute Gasteiger partial charge is 0.192 e. The van der Waals surface area contributed by atoms with E-state index in [1.807, 2.05) is 66.1 Å². The molecule has 0 unspecified atom stereocenters. The highest BCUT2D eigenvalue weighted by molar-refractivity contribution is 7.99. The van der Waals surface area contributed by atoms with Crippen LogP contribution in [0.1, 0.15) is 17.2 Å². The van der Waals surface area contributed by atoms with Crippen molar-refractivity contribution in [2.24, 2.45) is 0 Å². The van der Waals surface area contributed by atoms with Crippen molar-refractivity contribution < 1.29 is 9.84 Å². The van der Waals surface area contributed by atoms with E-state index in [1.165, 1.54) is 11.8 Å². The molecule has 4 rings (SSSR count). The van der Waals surface area contributed by atoms with Crippen molar-refractivity contribution in [1.29, 1.82) is 5.26 Å². The summed E-state index contributed by atoms with van der Waals surface area (Å²) >= 11 is 1.27. The van der Waals surface area contributed by atoms with Crippen molar-refractivity contribution in [3.63, 3.8) is 0 Å². The first-order chi connectivity index (χ1) is 16.1. The third-order valence-corrected chi connectivity index (χ3v) is 5.81. The van der Waals surface area contributed by atoms with E-state index >= 15 is 0 Å². The zero-order valence-electron chi connectivity index (χ0n) is 18.0. The van der Waals surface area contributed by atoms with E-state index in [2.05, 4.69) is 26.7 Å². The molecule has 166 valence electrons. The molecule has 2 aromatic carbocycles. The Kier molecular flexibility index (Phi) is 6.76. The SMILES string of the molecule is C=CCn1c(COc2cccc(C)c2)nnc1SC/C(O)=C(\C#N)c1nc2ccccc2[nH]1. The van der Waals surface area contributed by atoms with Crippen LogP contribution in [0, 0.1) is 18.3 Å². The summed E-state index contributed by atoms with van der Waals surface area (Å²) in [5.74, 6) is 1.76. The van der Waals surface area contributed by atoms with Gasteiger partial charge >= 0.3 is 0 Å². The minimum atomic E-state index is -0.0905. The van der Waals surface area contributed by atoms with Gasteiger partial charge in [-0.25, -0.2) is 4.98 Å². The molecule has 0 saturated carbocycles. The van der Waals surface area contributed by atoms with Crippen LogP contribution in [0.5, 0.6) is 5.75 Å². The Balaban J connectivity index is 1.50. The molecule has 0 radical (unpaired) electrons. The number of allylic oxidation sites excluding steroid dienone is 2. The zero-order chi connectivity index (χ0) is 23.2. The van der Waals surface area contributed by atoms with Gasteiger partial charge in [-0.2, -0.15) is 5.26 Å². The highest BCUT2D eigenvalue weighted by Gasteiger charge is 2.17. The third-order valence-electron chi connectivity index (χ3n) is 4.83. The molecule has 8 nitrogen and oxygen atoms in total. The second kappa shape index (κ2) is 10.1. The lowest BCUT2D eigenvalue weighted by Gasteiger charge is -2.09. The average molecular weight is 459 g/mol. The fourth-order valence-corrected chi connectivity index (χ4v) is 4.07. The van der Waals surface area contributed by atoms with Gasteiger partial charge < -0.3 is 14.8 Å². The molecule has 0 atom stereocenters. The fraction of sp³-hybridized carbons (Fsp3) is 0.167. The molecule has 2 heterocycles. The van der Waals surface area contributed by atoms with E-state index in [9.17, 15) is 10.4 Å². The van der Waals surface area contributed by atoms with Crippen molar-refractivity contribution in [1.82, 2.24) is 24.7 Å². The molecule has 0 amide bonds. The van der Waals surface area contributed by atoms with Crippen molar-refractivity contribution in [3.05, 3.63) is 84.2 Å². The largest absolute Gasteiger partial charge is 0.510 e. The number of aromatic amines is 1. The highest BCUT2D eigenvalue weighted by Crippen LogP contribution is 2.25. The summed E-state index contributed by atoms with van der Waals surface area (Å²) in [6, 6.07) is 17.3. The first kappa shape index (κ1) is 22.2. The molecular formula is C24H22N6O2S. The highest BCUT2D eigenvalue weighted by atomic mass is 32.2. The molecule has 2 N–H and O–H groups in total. The van der Waals surface area contributed by atoms with Crippen LogP contribution >= 0.6 is 11.8 Å². The number of hydrogen-bond acceptors (Lipinski definition) is 7. The Hall–Kier alpha value is -4.03. The lowest BCUT2D eigenvalue weighted by atomic mass is 10.2. The molecule has 0 aliphatic rings. The lowest BCUT2D eigenvalue weighted by Crippen LogP contribution is -2.08. The van der Waals surface area contributed by atoms with Crippen molar-refractivity contribution >= 4 is 28.4 Å². The van der Waals surface area contributed by atoms with Crippen LogP contribution in [0.2, 0.25) is 0 Å². The van der Waals surface area contributed by atoms with Gasteiger partial charge in [-0.1, -0.05) is 42.1 Å². The molecule has 0 aliphatic heterocycles. The van der Waals surface area contributed by atoms with E-state index in [1.54, 1.807) is 6.08 Å². The summed E-state index contributed by atoms with van der Waals surface area (Å²) in [4.78, 5) is 7.48. The lowest BCUT2D eigenvalue weighted by molar-refractivity contribution is 0.289. The van der Waals surface area contributed by atoms with Gasteiger partial charge in [0.15, 0.2) is 16.8 Å². The Morgan fingerprint density at radius 3 is 2.88 bits per heavy atom. The number of aromatic nitrogens is 5. The van der Waals surface area contributed by atoms with Gasteiger partial charge in [0.1, 0.15) is 29.8 Å². The van der Waals surface area contributed by atoms with E-state index in [0.29, 0.717) is 23.4 Å². The molecule has 0 fully saturated rings. The summed E-state index contributed by atoms with van der Waals surface area (Å²) in [7, 11) is 0.